The molecule has 1 N–H and O–H groups in total. The van der Waals surface area contributed by atoms with Crippen molar-refractivity contribution in [1.82, 2.24) is 0 Å². The molecule has 1 fully saturated rings. The number of hydrogen-bond donors (Lipinski definition) is 1. The van der Waals surface area contributed by atoms with Crippen LogP contribution in [0.15, 0.2) is 18.2 Å². The van der Waals surface area contributed by atoms with Crippen molar-refractivity contribution < 1.29 is 4.74 Å². The zero-order valence-corrected chi connectivity index (χ0v) is 10.5. The first kappa shape index (κ1) is 12.2. The van der Waals surface area contributed by atoms with Crippen LogP contribution in [0.2, 0.25) is 5.02 Å². The van der Waals surface area contributed by atoms with Crippen molar-refractivity contribution in [3.63, 3.8) is 0 Å². The van der Waals surface area contributed by atoms with Crippen LogP contribution in [-0.4, -0.2) is 18.8 Å². The molecule has 1 aliphatic rings. The van der Waals surface area contributed by atoms with Crippen molar-refractivity contribution in [2.45, 2.75) is 25.4 Å². The Morgan fingerprint density at radius 1 is 1.59 bits per heavy atom. The van der Waals surface area contributed by atoms with E-state index in [9.17, 15) is 0 Å². The lowest BCUT2D eigenvalue weighted by atomic mass is 10.0. The minimum absolute atomic E-state index is 0.130. The molecule has 1 aromatic carbocycles. The number of hydrogen-bond acceptors (Lipinski definition) is 3. The van der Waals surface area contributed by atoms with E-state index in [2.05, 4.69) is 18.3 Å². The molecule has 0 radical (unpaired) electrons. The summed E-state index contributed by atoms with van der Waals surface area (Å²) in [6.45, 7) is 3.60. The lowest BCUT2D eigenvalue weighted by Crippen LogP contribution is -2.32. The molecule has 4 heteroatoms. The van der Waals surface area contributed by atoms with Gasteiger partial charge in [0.15, 0.2) is 0 Å². The van der Waals surface area contributed by atoms with Crippen LogP contribution in [-0.2, 0) is 4.74 Å². The summed E-state index contributed by atoms with van der Waals surface area (Å²) in [5.74, 6) is 0. The van der Waals surface area contributed by atoms with Crippen LogP contribution in [0.4, 0.5) is 5.69 Å². The van der Waals surface area contributed by atoms with E-state index >= 15 is 0 Å². The largest absolute Gasteiger partial charge is 0.381 e. The highest BCUT2D eigenvalue weighted by Gasteiger charge is 2.29. The molecule has 1 aromatic rings. The summed E-state index contributed by atoms with van der Waals surface area (Å²) in [5, 5.41) is 12.8. The van der Waals surface area contributed by atoms with Crippen LogP contribution < -0.4 is 5.32 Å². The highest BCUT2D eigenvalue weighted by atomic mass is 35.5. The quantitative estimate of drug-likeness (QED) is 0.896. The smallest absolute Gasteiger partial charge is 0.103 e. The highest BCUT2D eigenvalue weighted by molar-refractivity contribution is 6.32. The fraction of sp³-hybridized carbons (Fsp3) is 0.462. The Morgan fingerprint density at radius 2 is 2.41 bits per heavy atom. The van der Waals surface area contributed by atoms with Gasteiger partial charge in [-0.1, -0.05) is 17.7 Å². The Morgan fingerprint density at radius 3 is 3.06 bits per heavy atom. The molecular formula is C13H15ClN2O. The maximum absolute atomic E-state index is 9.05. The summed E-state index contributed by atoms with van der Waals surface area (Å²) in [4.78, 5) is 0. The molecule has 0 aliphatic carbocycles. The third-order valence-corrected chi connectivity index (χ3v) is 3.39. The molecule has 0 saturated carbocycles. The second-order valence-corrected chi connectivity index (χ2v) is 4.94. The zero-order chi connectivity index (χ0) is 12.3. The molecule has 1 heterocycles. The Hall–Kier alpha value is -1.24. The average Bonchev–Trinajstić information content (AvgIpc) is 2.74. The van der Waals surface area contributed by atoms with Crippen LogP contribution in [0.3, 0.4) is 0 Å². The van der Waals surface area contributed by atoms with Crippen LogP contribution in [0.5, 0.6) is 0 Å². The molecule has 3 nitrogen and oxygen atoms in total. The van der Waals surface area contributed by atoms with E-state index in [0.717, 1.165) is 25.1 Å². The molecule has 0 bridgehead atoms. The van der Waals surface area contributed by atoms with Gasteiger partial charge in [-0.05, 0) is 31.9 Å². The lowest BCUT2D eigenvalue weighted by molar-refractivity contribution is 0.0315. The first-order valence-electron chi connectivity index (χ1n) is 5.71. The molecule has 2 rings (SSSR count). The molecule has 0 aromatic heterocycles. The summed E-state index contributed by atoms with van der Waals surface area (Å²) in [6, 6.07) is 7.54. The van der Waals surface area contributed by atoms with E-state index in [0.29, 0.717) is 17.1 Å². The lowest BCUT2D eigenvalue weighted by Gasteiger charge is -2.24. The van der Waals surface area contributed by atoms with Gasteiger partial charge in [-0.25, -0.2) is 0 Å². The van der Waals surface area contributed by atoms with Gasteiger partial charge < -0.3 is 10.1 Å². The van der Waals surface area contributed by atoms with Crippen molar-refractivity contribution in [1.29, 1.82) is 5.26 Å². The van der Waals surface area contributed by atoms with Gasteiger partial charge in [0, 0.05) is 13.2 Å². The fourth-order valence-corrected chi connectivity index (χ4v) is 2.26. The number of nitrogens with zero attached hydrogens (tertiary/aromatic N) is 1. The van der Waals surface area contributed by atoms with Crippen LogP contribution in [0.1, 0.15) is 25.3 Å². The van der Waals surface area contributed by atoms with Crippen molar-refractivity contribution >= 4 is 17.3 Å². The minimum Gasteiger partial charge on any atom is -0.381 e. The van der Waals surface area contributed by atoms with E-state index in [-0.39, 0.29) is 5.60 Å². The number of benzene rings is 1. The standard InChI is InChI=1S/C13H15ClN2O/c1-13(6-3-7-17-13)9-16-12-5-2-4-11(14)10(12)8-15/h2,4-5,16H,3,6-7,9H2,1H3. The number of halogens is 1. The zero-order valence-electron chi connectivity index (χ0n) is 9.79. The molecule has 90 valence electrons. The van der Waals surface area contributed by atoms with Gasteiger partial charge in [-0.3, -0.25) is 0 Å². The van der Waals surface area contributed by atoms with Crippen LogP contribution >= 0.6 is 11.6 Å². The van der Waals surface area contributed by atoms with Gasteiger partial charge >= 0.3 is 0 Å². The summed E-state index contributed by atoms with van der Waals surface area (Å²) < 4.78 is 5.69. The Bertz CT molecular complexity index is 447. The molecule has 1 unspecified atom stereocenters. The van der Waals surface area contributed by atoms with Crippen LogP contribution in [0.25, 0.3) is 0 Å². The first-order chi connectivity index (χ1) is 8.14. The molecule has 1 aliphatic heterocycles. The molecule has 1 atom stereocenters. The monoisotopic (exact) mass is 250 g/mol. The second-order valence-electron chi connectivity index (χ2n) is 4.53. The first-order valence-corrected chi connectivity index (χ1v) is 6.09. The molecule has 1 saturated heterocycles. The van der Waals surface area contributed by atoms with E-state index in [1.54, 1.807) is 6.07 Å². The number of anilines is 1. The fourth-order valence-electron chi connectivity index (χ4n) is 2.04. The molecule has 0 amide bonds. The minimum atomic E-state index is -0.130. The number of nitrogens with one attached hydrogen (secondary N) is 1. The van der Waals surface area contributed by atoms with E-state index in [1.165, 1.54) is 0 Å². The maximum atomic E-state index is 9.05. The van der Waals surface area contributed by atoms with Gasteiger partial charge in [0.25, 0.3) is 0 Å². The average molecular weight is 251 g/mol. The molecule has 0 spiro atoms. The summed E-state index contributed by atoms with van der Waals surface area (Å²) >= 11 is 5.97. The van der Waals surface area contributed by atoms with Crippen molar-refractivity contribution in [3.05, 3.63) is 28.8 Å². The Labute approximate surface area is 106 Å². The number of nitriles is 1. The Kier molecular flexibility index (Phi) is 3.56. The normalized spacial score (nSPS) is 23.4. The van der Waals surface area contributed by atoms with E-state index in [4.69, 9.17) is 21.6 Å². The SMILES string of the molecule is CC1(CNc2cccc(Cl)c2C#N)CCCO1. The van der Waals surface area contributed by atoms with Gasteiger partial charge in [0.1, 0.15) is 6.07 Å². The molecule has 17 heavy (non-hydrogen) atoms. The van der Waals surface area contributed by atoms with Gasteiger partial charge in [0.2, 0.25) is 0 Å². The Balaban J connectivity index is 2.09. The predicted octanol–water partition coefficient (Wildman–Crippen LogP) is 3.19. The summed E-state index contributed by atoms with van der Waals surface area (Å²) in [7, 11) is 0. The van der Waals surface area contributed by atoms with Crippen LogP contribution in [0, 0.1) is 11.3 Å². The summed E-state index contributed by atoms with van der Waals surface area (Å²) in [6.07, 6.45) is 2.14. The van der Waals surface area contributed by atoms with Crippen molar-refractivity contribution in [3.8, 4) is 6.07 Å². The van der Waals surface area contributed by atoms with Gasteiger partial charge in [-0.2, -0.15) is 5.26 Å². The summed E-state index contributed by atoms with van der Waals surface area (Å²) in [5.41, 5.74) is 1.14. The van der Waals surface area contributed by atoms with E-state index < -0.39 is 0 Å². The number of ether oxygens (including phenoxy) is 1. The highest BCUT2D eigenvalue weighted by Crippen LogP contribution is 2.28. The van der Waals surface area contributed by atoms with Gasteiger partial charge in [-0.15, -0.1) is 0 Å². The third kappa shape index (κ3) is 2.71. The third-order valence-electron chi connectivity index (χ3n) is 3.08. The second kappa shape index (κ2) is 4.95. The molecular weight excluding hydrogens is 236 g/mol. The van der Waals surface area contributed by atoms with Crippen molar-refractivity contribution in [2.24, 2.45) is 0 Å². The van der Waals surface area contributed by atoms with Crippen molar-refractivity contribution in [2.75, 3.05) is 18.5 Å². The predicted molar refractivity (Wildman–Crippen MR) is 68.2 cm³/mol. The topological polar surface area (TPSA) is 45.0 Å². The van der Waals surface area contributed by atoms with E-state index in [1.807, 2.05) is 12.1 Å². The number of rotatable bonds is 3. The maximum Gasteiger partial charge on any atom is 0.103 e. The van der Waals surface area contributed by atoms with Gasteiger partial charge in [0.05, 0.1) is 21.9 Å².